The number of aromatic nitrogens is 1. The van der Waals surface area contributed by atoms with Gasteiger partial charge in [0.15, 0.2) is 5.78 Å². The van der Waals surface area contributed by atoms with E-state index in [1.54, 1.807) is 18.2 Å². The van der Waals surface area contributed by atoms with Crippen LogP contribution in [0.5, 0.6) is 11.5 Å². The van der Waals surface area contributed by atoms with Crippen molar-refractivity contribution >= 4 is 17.4 Å². The van der Waals surface area contributed by atoms with Gasteiger partial charge in [-0.15, -0.1) is 0 Å². The zero-order chi connectivity index (χ0) is 22.8. The second-order valence-corrected chi connectivity index (χ2v) is 7.69. The van der Waals surface area contributed by atoms with Gasteiger partial charge in [0.1, 0.15) is 17.1 Å². The van der Waals surface area contributed by atoms with Crippen LogP contribution in [0.25, 0.3) is 5.69 Å². The molecule has 0 aliphatic heterocycles. The number of anilines is 1. The standard InChI is InChI=1S/C25H24N2O5/c1-15-7-9-16(10-8-15)27-21-5-4-6-22(28)18(21)14-19(25(27)30)24(29)26-20-13-17(31-2)11-12-23(20)32-3/h7-14H,4-6H2,1-3H3,(H,26,29). The second-order valence-electron chi connectivity index (χ2n) is 7.69. The van der Waals surface area contributed by atoms with Crippen molar-refractivity contribution in [3.8, 4) is 17.2 Å². The van der Waals surface area contributed by atoms with E-state index < -0.39 is 11.5 Å². The smallest absolute Gasteiger partial charge is 0.268 e. The molecule has 0 saturated carbocycles. The van der Waals surface area contributed by atoms with Crippen LogP contribution >= 0.6 is 0 Å². The summed E-state index contributed by atoms with van der Waals surface area (Å²) in [7, 11) is 3.00. The molecule has 1 aliphatic carbocycles. The molecule has 0 bridgehead atoms. The van der Waals surface area contributed by atoms with Crippen LogP contribution < -0.4 is 20.3 Å². The molecule has 0 spiro atoms. The SMILES string of the molecule is COc1ccc(OC)c(NC(=O)c2cc3c(n(-c4ccc(C)cc4)c2=O)CCCC3=O)c1. The number of amides is 1. The fourth-order valence-electron chi connectivity index (χ4n) is 3.92. The normalized spacial score (nSPS) is 12.8. The molecular formula is C25H24N2O5. The van der Waals surface area contributed by atoms with Crippen LogP contribution in [-0.2, 0) is 6.42 Å². The topological polar surface area (TPSA) is 86.6 Å². The average Bonchev–Trinajstić information content (AvgIpc) is 2.79. The fraction of sp³-hybridized carbons (Fsp3) is 0.240. The van der Waals surface area contributed by atoms with Gasteiger partial charge in [-0.25, -0.2) is 0 Å². The van der Waals surface area contributed by atoms with Crippen LogP contribution in [0, 0.1) is 6.92 Å². The molecule has 0 radical (unpaired) electrons. The number of benzene rings is 2. The highest BCUT2D eigenvalue weighted by Crippen LogP contribution is 2.30. The van der Waals surface area contributed by atoms with Crippen LogP contribution in [0.15, 0.2) is 53.3 Å². The fourth-order valence-corrected chi connectivity index (χ4v) is 3.92. The molecule has 0 fully saturated rings. The lowest BCUT2D eigenvalue weighted by molar-refractivity contribution is 0.0971. The van der Waals surface area contributed by atoms with E-state index >= 15 is 0 Å². The highest BCUT2D eigenvalue weighted by atomic mass is 16.5. The lowest BCUT2D eigenvalue weighted by Gasteiger charge is -2.22. The van der Waals surface area contributed by atoms with Gasteiger partial charge < -0.3 is 14.8 Å². The van der Waals surface area contributed by atoms with E-state index in [2.05, 4.69) is 5.32 Å². The Morgan fingerprint density at radius 1 is 0.969 bits per heavy atom. The molecule has 7 heteroatoms. The largest absolute Gasteiger partial charge is 0.497 e. The first kappa shape index (κ1) is 21.4. The number of nitrogens with one attached hydrogen (secondary N) is 1. The quantitative estimate of drug-likeness (QED) is 0.660. The number of carbonyl (C=O) groups is 2. The number of pyridine rings is 1. The van der Waals surface area contributed by atoms with Gasteiger partial charge >= 0.3 is 0 Å². The van der Waals surface area contributed by atoms with Gasteiger partial charge in [-0.2, -0.15) is 0 Å². The molecule has 2 aromatic carbocycles. The molecule has 0 saturated heterocycles. The van der Waals surface area contributed by atoms with Crippen LogP contribution in [0.2, 0.25) is 0 Å². The molecule has 0 unspecified atom stereocenters. The minimum atomic E-state index is -0.622. The van der Waals surface area contributed by atoms with Gasteiger partial charge in [-0.3, -0.25) is 19.0 Å². The molecule has 4 rings (SSSR count). The summed E-state index contributed by atoms with van der Waals surface area (Å²) in [5.41, 5.74) is 2.52. The molecule has 1 heterocycles. The van der Waals surface area contributed by atoms with E-state index in [1.165, 1.54) is 24.9 Å². The molecule has 1 N–H and O–H groups in total. The van der Waals surface area contributed by atoms with Crippen molar-refractivity contribution in [1.29, 1.82) is 0 Å². The molecule has 32 heavy (non-hydrogen) atoms. The number of aryl methyl sites for hydroxylation is 1. The van der Waals surface area contributed by atoms with Crippen LogP contribution in [0.1, 0.15) is 44.8 Å². The molecule has 1 amide bonds. The number of hydrogen-bond acceptors (Lipinski definition) is 5. The van der Waals surface area contributed by atoms with Gasteiger partial charge in [-0.1, -0.05) is 17.7 Å². The summed E-state index contributed by atoms with van der Waals surface area (Å²) in [5, 5.41) is 2.73. The minimum Gasteiger partial charge on any atom is -0.497 e. The maximum Gasteiger partial charge on any atom is 0.268 e. The Morgan fingerprint density at radius 3 is 2.41 bits per heavy atom. The third-order valence-corrected chi connectivity index (χ3v) is 5.61. The van der Waals surface area contributed by atoms with Gasteiger partial charge in [-0.05, 0) is 50.1 Å². The van der Waals surface area contributed by atoms with Gasteiger partial charge in [0.05, 0.1) is 19.9 Å². The highest BCUT2D eigenvalue weighted by Gasteiger charge is 2.26. The predicted octanol–water partition coefficient (Wildman–Crippen LogP) is 3.93. The zero-order valence-corrected chi connectivity index (χ0v) is 18.2. The average molecular weight is 432 g/mol. The summed E-state index contributed by atoms with van der Waals surface area (Å²) < 4.78 is 12.0. The first-order valence-corrected chi connectivity index (χ1v) is 10.4. The van der Waals surface area contributed by atoms with Crippen molar-refractivity contribution in [2.75, 3.05) is 19.5 Å². The Kier molecular flexibility index (Phi) is 5.81. The molecule has 164 valence electrons. The first-order chi connectivity index (χ1) is 15.4. The lowest BCUT2D eigenvalue weighted by Crippen LogP contribution is -2.33. The summed E-state index contributed by atoms with van der Waals surface area (Å²) in [6.45, 7) is 1.96. The van der Waals surface area contributed by atoms with Crippen LogP contribution in [0.4, 0.5) is 5.69 Å². The molecule has 1 aromatic heterocycles. The lowest BCUT2D eigenvalue weighted by atomic mass is 9.92. The van der Waals surface area contributed by atoms with E-state index in [9.17, 15) is 14.4 Å². The van der Waals surface area contributed by atoms with Crippen LogP contribution in [0.3, 0.4) is 0 Å². The molecule has 0 atom stereocenters. The van der Waals surface area contributed by atoms with Gasteiger partial charge in [0.25, 0.3) is 11.5 Å². The summed E-state index contributed by atoms with van der Waals surface area (Å²) in [6.07, 6.45) is 1.66. The van der Waals surface area contributed by atoms with E-state index in [4.69, 9.17) is 9.47 Å². The number of carbonyl (C=O) groups excluding carboxylic acids is 2. The number of nitrogens with zero attached hydrogens (tertiary/aromatic N) is 1. The van der Waals surface area contributed by atoms with Crippen molar-refractivity contribution in [3.63, 3.8) is 0 Å². The number of ketones is 1. The molecular weight excluding hydrogens is 408 g/mol. The third kappa shape index (κ3) is 3.89. The van der Waals surface area contributed by atoms with Crippen LogP contribution in [-0.4, -0.2) is 30.5 Å². The molecule has 1 aliphatic rings. The van der Waals surface area contributed by atoms with Crippen molar-refractivity contribution < 1.29 is 19.1 Å². The number of Topliss-reactive ketones (excluding diaryl/α,β-unsaturated/α-hetero) is 1. The predicted molar refractivity (Wildman–Crippen MR) is 122 cm³/mol. The zero-order valence-electron chi connectivity index (χ0n) is 18.2. The minimum absolute atomic E-state index is 0.0693. The molecule has 3 aromatic rings. The van der Waals surface area contributed by atoms with E-state index in [1.807, 2.05) is 31.2 Å². The summed E-state index contributed by atoms with van der Waals surface area (Å²) in [5.74, 6) is 0.259. The Bertz CT molecular complexity index is 1260. The number of methoxy groups -OCH3 is 2. The van der Waals surface area contributed by atoms with Gasteiger partial charge in [0, 0.05) is 29.4 Å². The highest BCUT2D eigenvalue weighted by molar-refractivity contribution is 6.07. The summed E-state index contributed by atoms with van der Waals surface area (Å²) in [4.78, 5) is 39.3. The number of rotatable bonds is 5. The van der Waals surface area contributed by atoms with E-state index in [-0.39, 0.29) is 11.3 Å². The van der Waals surface area contributed by atoms with Crippen molar-refractivity contribution in [2.45, 2.75) is 26.2 Å². The monoisotopic (exact) mass is 432 g/mol. The van der Waals surface area contributed by atoms with Crippen molar-refractivity contribution in [2.24, 2.45) is 0 Å². The number of hydrogen-bond donors (Lipinski definition) is 1. The third-order valence-electron chi connectivity index (χ3n) is 5.61. The molecule has 7 nitrogen and oxygen atoms in total. The van der Waals surface area contributed by atoms with E-state index in [0.717, 1.165) is 5.56 Å². The maximum atomic E-state index is 13.5. The second kappa shape index (κ2) is 8.70. The van der Waals surface area contributed by atoms with E-state index in [0.29, 0.717) is 53.4 Å². The number of ether oxygens (including phenoxy) is 2. The Balaban J connectivity index is 1.85. The number of fused-ring (bicyclic) bond motifs is 1. The Labute approximate surface area is 185 Å². The summed E-state index contributed by atoms with van der Waals surface area (Å²) in [6, 6.07) is 13.8. The maximum absolute atomic E-state index is 13.5. The van der Waals surface area contributed by atoms with Crippen molar-refractivity contribution in [3.05, 3.63) is 81.3 Å². The summed E-state index contributed by atoms with van der Waals surface area (Å²) >= 11 is 0. The van der Waals surface area contributed by atoms with Gasteiger partial charge in [0.2, 0.25) is 0 Å². The van der Waals surface area contributed by atoms with Crippen molar-refractivity contribution in [1.82, 2.24) is 4.57 Å². The Hall–Kier alpha value is -3.87. The Morgan fingerprint density at radius 2 is 1.72 bits per heavy atom. The first-order valence-electron chi connectivity index (χ1n) is 10.4.